The van der Waals surface area contributed by atoms with Gasteiger partial charge in [-0.3, -0.25) is 4.79 Å². The highest BCUT2D eigenvalue weighted by Crippen LogP contribution is 2.37. The van der Waals surface area contributed by atoms with Crippen molar-refractivity contribution in [1.29, 1.82) is 0 Å². The third kappa shape index (κ3) is 2.92. The molecule has 3 N–H and O–H groups in total. The number of halogens is 1. The van der Waals surface area contributed by atoms with Crippen LogP contribution >= 0.6 is 11.6 Å². The number of hydrogen-bond acceptors (Lipinski definition) is 5. The summed E-state index contributed by atoms with van der Waals surface area (Å²) in [4.78, 5) is 12.5. The Kier molecular flexibility index (Phi) is 4.61. The Bertz CT molecular complexity index is 552. The van der Waals surface area contributed by atoms with Crippen LogP contribution in [0, 0.1) is 5.41 Å². The van der Waals surface area contributed by atoms with Crippen molar-refractivity contribution in [3.05, 3.63) is 17.2 Å². The lowest BCUT2D eigenvalue weighted by molar-refractivity contribution is -0.125. The van der Waals surface area contributed by atoms with E-state index >= 15 is 0 Å². The van der Waals surface area contributed by atoms with Gasteiger partial charge in [0.25, 0.3) is 0 Å². The topological polar surface area (TPSA) is 82.8 Å². The molecule has 0 radical (unpaired) electrons. The normalized spacial score (nSPS) is 24.7. The number of carbonyl (C=O) groups excluding carboxylic acids is 1. The van der Waals surface area contributed by atoms with Crippen molar-refractivity contribution < 1.29 is 19.0 Å². The van der Waals surface area contributed by atoms with Crippen LogP contribution in [0.3, 0.4) is 0 Å². The van der Waals surface area contributed by atoms with Crippen molar-refractivity contribution in [2.75, 3.05) is 32.8 Å². The van der Waals surface area contributed by atoms with Crippen LogP contribution in [-0.4, -0.2) is 39.4 Å². The zero-order valence-electron chi connectivity index (χ0n) is 12.2. The number of hydrogen-bond donors (Lipinski definition) is 2. The van der Waals surface area contributed by atoms with Crippen molar-refractivity contribution in [3.8, 4) is 11.5 Å². The van der Waals surface area contributed by atoms with E-state index in [2.05, 4.69) is 5.32 Å². The van der Waals surface area contributed by atoms with Gasteiger partial charge >= 0.3 is 0 Å². The molecule has 1 aliphatic heterocycles. The van der Waals surface area contributed by atoms with Gasteiger partial charge in [-0.15, -0.1) is 0 Å². The fourth-order valence-corrected chi connectivity index (χ4v) is 2.39. The second-order valence-corrected chi connectivity index (χ2v) is 5.59. The van der Waals surface area contributed by atoms with Crippen molar-refractivity contribution >= 4 is 23.2 Å². The minimum atomic E-state index is -0.780. The summed E-state index contributed by atoms with van der Waals surface area (Å²) in [6, 6.07) is 2.85. The Morgan fingerprint density at radius 2 is 2.10 bits per heavy atom. The number of methoxy groups -OCH3 is 2. The summed E-state index contributed by atoms with van der Waals surface area (Å²) in [6.07, 6.45) is 0. The molecule has 0 bridgehead atoms. The largest absolute Gasteiger partial charge is 0.495 e. The summed E-state index contributed by atoms with van der Waals surface area (Å²) in [5.41, 5.74) is 5.64. The minimum absolute atomic E-state index is 0.230. The van der Waals surface area contributed by atoms with Gasteiger partial charge in [-0.2, -0.15) is 0 Å². The maximum Gasteiger partial charge on any atom is 0.234 e. The molecule has 0 saturated carbocycles. The molecule has 21 heavy (non-hydrogen) atoms. The predicted molar refractivity (Wildman–Crippen MR) is 80.1 cm³/mol. The van der Waals surface area contributed by atoms with Crippen molar-refractivity contribution in [3.63, 3.8) is 0 Å². The summed E-state index contributed by atoms with van der Waals surface area (Å²) in [6.45, 7) is 2.42. The number of ether oxygens (including phenoxy) is 3. The van der Waals surface area contributed by atoms with Gasteiger partial charge in [-0.1, -0.05) is 11.6 Å². The van der Waals surface area contributed by atoms with Crippen LogP contribution in [0.4, 0.5) is 5.69 Å². The lowest BCUT2D eigenvalue weighted by Crippen LogP contribution is -2.47. The Hall–Kier alpha value is -1.50. The fraction of sp³-hybridized carbons (Fsp3) is 0.500. The molecule has 1 aliphatic rings. The molecule has 116 valence electrons. The van der Waals surface area contributed by atoms with Gasteiger partial charge in [0.2, 0.25) is 5.91 Å². The second kappa shape index (κ2) is 6.09. The molecule has 2 atom stereocenters. The molecule has 0 aliphatic carbocycles. The minimum Gasteiger partial charge on any atom is -0.495 e. The van der Waals surface area contributed by atoms with Gasteiger partial charge in [-0.05, 0) is 13.0 Å². The van der Waals surface area contributed by atoms with E-state index < -0.39 is 5.41 Å². The molecule has 1 amide bonds. The number of nitrogens with two attached hydrogens (primary N) is 1. The van der Waals surface area contributed by atoms with Crippen LogP contribution in [0.5, 0.6) is 11.5 Å². The molecule has 1 heterocycles. The molecule has 1 saturated heterocycles. The number of carbonyl (C=O) groups is 1. The van der Waals surface area contributed by atoms with Gasteiger partial charge in [0.05, 0.1) is 43.6 Å². The van der Waals surface area contributed by atoms with E-state index in [1.807, 2.05) is 0 Å². The summed E-state index contributed by atoms with van der Waals surface area (Å²) in [7, 11) is 3.01. The highest BCUT2D eigenvalue weighted by molar-refractivity contribution is 6.32. The summed E-state index contributed by atoms with van der Waals surface area (Å²) < 4.78 is 15.7. The molecular weight excluding hydrogens is 296 g/mol. The molecule has 0 aromatic heterocycles. The Balaban J connectivity index is 2.27. The molecule has 1 aromatic rings. The smallest absolute Gasteiger partial charge is 0.234 e. The van der Waals surface area contributed by atoms with Crippen molar-refractivity contribution in [2.45, 2.75) is 13.0 Å². The summed E-state index contributed by atoms with van der Waals surface area (Å²) >= 11 is 6.08. The van der Waals surface area contributed by atoms with Crippen LogP contribution in [0.1, 0.15) is 6.92 Å². The molecular formula is C14H19ClN2O4. The van der Waals surface area contributed by atoms with E-state index in [9.17, 15) is 4.79 Å². The van der Waals surface area contributed by atoms with Gasteiger partial charge in [0, 0.05) is 12.1 Å². The maximum atomic E-state index is 12.5. The van der Waals surface area contributed by atoms with Crippen LogP contribution in [-0.2, 0) is 9.53 Å². The fourth-order valence-electron chi connectivity index (χ4n) is 2.15. The van der Waals surface area contributed by atoms with E-state index in [1.165, 1.54) is 14.2 Å². The molecule has 0 spiro atoms. The lowest BCUT2D eigenvalue weighted by atomic mass is 9.85. The zero-order valence-corrected chi connectivity index (χ0v) is 13.0. The van der Waals surface area contributed by atoms with Crippen LogP contribution in [0.2, 0.25) is 5.02 Å². The summed E-state index contributed by atoms with van der Waals surface area (Å²) in [5.74, 6) is 0.700. The van der Waals surface area contributed by atoms with Gasteiger partial charge in [0.1, 0.15) is 11.5 Å². The number of amides is 1. The average molecular weight is 315 g/mol. The first-order valence-corrected chi connectivity index (χ1v) is 6.86. The van der Waals surface area contributed by atoms with Gasteiger partial charge in [-0.25, -0.2) is 0 Å². The molecule has 2 unspecified atom stereocenters. The van der Waals surface area contributed by atoms with Crippen molar-refractivity contribution in [2.24, 2.45) is 11.1 Å². The summed E-state index contributed by atoms with van der Waals surface area (Å²) in [5, 5.41) is 3.18. The standard InChI is InChI=1S/C14H19ClN2O4/c1-14(7-21-6-12(14)16)13(18)17-9-4-8(15)10(19-2)5-11(9)20-3/h4-5,12H,6-7,16H2,1-3H3,(H,17,18). The van der Waals surface area contributed by atoms with E-state index in [0.717, 1.165) is 0 Å². The highest BCUT2D eigenvalue weighted by Gasteiger charge is 2.44. The Morgan fingerprint density at radius 1 is 1.43 bits per heavy atom. The molecule has 7 heteroatoms. The lowest BCUT2D eigenvalue weighted by Gasteiger charge is -2.26. The first kappa shape index (κ1) is 15.9. The highest BCUT2D eigenvalue weighted by atomic mass is 35.5. The first-order chi connectivity index (χ1) is 9.92. The Morgan fingerprint density at radius 3 is 2.62 bits per heavy atom. The number of benzene rings is 1. The SMILES string of the molecule is COc1cc(OC)c(NC(=O)C2(C)COCC2N)cc1Cl. The maximum absolute atomic E-state index is 12.5. The third-order valence-electron chi connectivity index (χ3n) is 3.76. The van der Waals surface area contributed by atoms with Gasteiger partial charge < -0.3 is 25.3 Å². The number of rotatable bonds is 4. The van der Waals surface area contributed by atoms with Crippen LogP contribution in [0.15, 0.2) is 12.1 Å². The third-order valence-corrected chi connectivity index (χ3v) is 4.05. The molecule has 6 nitrogen and oxygen atoms in total. The molecule has 1 aromatic carbocycles. The Labute approximate surface area is 128 Å². The van der Waals surface area contributed by atoms with Crippen molar-refractivity contribution in [1.82, 2.24) is 0 Å². The second-order valence-electron chi connectivity index (χ2n) is 5.18. The average Bonchev–Trinajstić information content (AvgIpc) is 2.80. The van der Waals surface area contributed by atoms with E-state index in [0.29, 0.717) is 28.8 Å². The van der Waals surface area contributed by atoms with E-state index in [4.69, 9.17) is 31.5 Å². The molecule has 2 rings (SSSR count). The molecule has 1 fully saturated rings. The predicted octanol–water partition coefficient (Wildman–Crippen LogP) is 1.66. The van der Waals surface area contributed by atoms with Gasteiger partial charge in [0.15, 0.2) is 0 Å². The quantitative estimate of drug-likeness (QED) is 0.883. The zero-order chi connectivity index (χ0) is 15.6. The monoisotopic (exact) mass is 314 g/mol. The number of anilines is 1. The van der Waals surface area contributed by atoms with E-state index in [1.54, 1.807) is 19.1 Å². The van der Waals surface area contributed by atoms with Crippen LogP contribution in [0.25, 0.3) is 0 Å². The van der Waals surface area contributed by atoms with Crippen LogP contribution < -0.4 is 20.5 Å². The van der Waals surface area contributed by atoms with E-state index in [-0.39, 0.29) is 18.6 Å². The first-order valence-electron chi connectivity index (χ1n) is 6.48. The number of nitrogens with one attached hydrogen (secondary N) is 1.